The van der Waals surface area contributed by atoms with Gasteiger partial charge >= 0.3 is 0 Å². The third-order valence-corrected chi connectivity index (χ3v) is 4.27. The molecule has 0 aliphatic heterocycles. The molecular formula is C21H22N2O. The van der Waals surface area contributed by atoms with E-state index in [2.05, 4.69) is 37.0 Å². The first-order valence-corrected chi connectivity index (χ1v) is 8.24. The molecule has 3 nitrogen and oxygen atoms in total. The van der Waals surface area contributed by atoms with Crippen molar-refractivity contribution in [3.8, 4) is 0 Å². The highest BCUT2D eigenvalue weighted by Gasteiger charge is 2.17. The maximum Gasteiger partial charge on any atom is 0.273 e. The predicted octanol–water partition coefficient (Wildman–Crippen LogP) is 4.63. The number of pyridine rings is 1. The van der Waals surface area contributed by atoms with Crippen LogP contribution in [0.2, 0.25) is 0 Å². The number of aromatic nitrogens is 1. The molecule has 0 aliphatic rings. The summed E-state index contributed by atoms with van der Waals surface area (Å²) in [5.41, 5.74) is 2.85. The lowest BCUT2D eigenvalue weighted by Gasteiger charge is -2.18. The Morgan fingerprint density at radius 2 is 1.83 bits per heavy atom. The van der Waals surface area contributed by atoms with E-state index in [0.29, 0.717) is 18.2 Å². The summed E-state index contributed by atoms with van der Waals surface area (Å²) in [4.78, 5) is 19.0. The Balaban J connectivity index is 1.95. The number of amides is 1. The molecule has 1 aromatic heterocycles. The summed E-state index contributed by atoms with van der Waals surface area (Å²) in [5.74, 6) is 0.366. The SMILES string of the molecule is CC(C)c1ccc2ccnc(C(=O)N(C)Cc3ccccc3)c2c1. The van der Waals surface area contributed by atoms with Crippen molar-refractivity contribution in [1.29, 1.82) is 0 Å². The molecule has 0 fully saturated rings. The van der Waals surface area contributed by atoms with Crippen molar-refractivity contribution in [2.45, 2.75) is 26.3 Å². The van der Waals surface area contributed by atoms with Crippen molar-refractivity contribution >= 4 is 16.7 Å². The summed E-state index contributed by atoms with van der Waals surface area (Å²) in [5, 5.41) is 1.97. The highest BCUT2D eigenvalue weighted by atomic mass is 16.2. The number of rotatable bonds is 4. The van der Waals surface area contributed by atoms with Crippen molar-refractivity contribution < 1.29 is 4.79 Å². The number of carbonyl (C=O) groups is 1. The van der Waals surface area contributed by atoms with Crippen LogP contribution in [-0.2, 0) is 6.54 Å². The molecule has 0 saturated heterocycles. The molecule has 122 valence electrons. The molecule has 0 bridgehead atoms. The number of hydrogen-bond donors (Lipinski definition) is 0. The van der Waals surface area contributed by atoms with Gasteiger partial charge in [-0.3, -0.25) is 9.78 Å². The van der Waals surface area contributed by atoms with E-state index in [9.17, 15) is 4.79 Å². The van der Waals surface area contributed by atoms with E-state index in [1.807, 2.05) is 43.4 Å². The third-order valence-electron chi connectivity index (χ3n) is 4.27. The topological polar surface area (TPSA) is 33.2 Å². The summed E-state index contributed by atoms with van der Waals surface area (Å²) in [6, 6.07) is 18.2. The normalized spacial score (nSPS) is 11.0. The van der Waals surface area contributed by atoms with Gasteiger partial charge in [-0.15, -0.1) is 0 Å². The Kier molecular flexibility index (Phi) is 4.61. The second-order valence-corrected chi connectivity index (χ2v) is 6.44. The fourth-order valence-corrected chi connectivity index (χ4v) is 2.83. The van der Waals surface area contributed by atoms with Crippen LogP contribution in [0.1, 0.15) is 41.4 Å². The molecule has 0 atom stereocenters. The van der Waals surface area contributed by atoms with Crippen LogP contribution < -0.4 is 0 Å². The van der Waals surface area contributed by atoms with Crippen LogP contribution in [0.5, 0.6) is 0 Å². The lowest BCUT2D eigenvalue weighted by molar-refractivity contribution is 0.0781. The zero-order valence-electron chi connectivity index (χ0n) is 14.4. The van der Waals surface area contributed by atoms with Crippen molar-refractivity contribution in [3.05, 3.63) is 77.6 Å². The van der Waals surface area contributed by atoms with Crippen LogP contribution in [0.25, 0.3) is 10.8 Å². The molecule has 0 unspecified atom stereocenters. The molecule has 0 aliphatic carbocycles. The van der Waals surface area contributed by atoms with E-state index in [1.165, 1.54) is 5.56 Å². The van der Waals surface area contributed by atoms with Gasteiger partial charge < -0.3 is 4.90 Å². The zero-order valence-corrected chi connectivity index (χ0v) is 14.4. The largest absolute Gasteiger partial charge is 0.336 e. The van der Waals surface area contributed by atoms with Crippen LogP contribution >= 0.6 is 0 Å². The summed E-state index contributed by atoms with van der Waals surface area (Å²) in [6.45, 7) is 4.88. The summed E-state index contributed by atoms with van der Waals surface area (Å²) >= 11 is 0. The van der Waals surface area contributed by atoms with Crippen LogP contribution in [-0.4, -0.2) is 22.8 Å². The summed E-state index contributed by atoms with van der Waals surface area (Å²) in [7, 11) is 1.82. The Morgan fingerprint density at radius 1 is 1.08 bits per heavy atom. The Labute approximate surface area is 143 Å². The molecule has 0 N–H and O–H groups in total. The molecule has 3 rings (SSSR count). The molecule has 2 aromatic carbocycles. The maximum absolute atomic E-state index is 12.9. The molecule has 1 heterocycles. The Hall–Kier alpha value is -2.68. The number of carbonyl (C=O) groups excluding carboxylic acids is 1. The summed E-state index contributed by atoms with van der Waals surface area (Å²) < 4.78 is 0. The van der Waals surface area contributed by atoms with E-state index in [-0.39, 0.29) is 5.91 Å². The van der Waals surface area contributed by atoms with Crippen molar-refractivity contribution in [1.82, 2.24) is 9.88 Å². The molecule has 3 heteroatoms. The first-order valence-electron chi connectivity index (χ1n) is 8.24. The van der Waals surface area contributed by atoms with Gasteiger partial charge in [-0.2, -0.15) is 0 Å². The zero-order chi connectivity index (χ0) is 17.1. The molecule has 24 heavy (non-hydrogen) atoms. The van der Waals surface area contributed by atoms with Gasteiger partial charge in [0.2, 0.25) is 0 Å². The Bertz CT molecular complexity index is 856. The van der Waals surface area contributed by atoms with Gasteiger partial charge in [-0.25, -0.2) is 0 Å². The summed E-state index contributed by atoms with van der Waals surface area (Å²) in [6.07, 6.45) is 1.71. The monoisotopic (exact) mass is 318 g/mol. The van der Waals surface area contributed by atoms with Crippen molar-refractivity contribution in [2.24, 2.45) is 0 Å². The third kappa shape index (κ3) is 3.30. The molecule has 1 amide bonds. The average molecular weight is 318 g/mol. The fourth-order valence-electron chi connectivity index (χ4n) is 2.83. The van der Waals surface area contributed by atoms with Crippen molar-refractivity contribution in [3.63, 3.8) is 0 Å². The van der Waals surface area contributed by atoms with Gasteiger partial charge in [0.25, 0.3) is 5.91 Å². The number of hydrogen-bond acceptors (Lipinski definition) is 2. The van der Waals surface area contributed by atoms with E-state index >= 15 is 0 Å². The molecule has 0 radical (unpaired) electrons. The van der Waals surface area contributed by atoms with Crippen LogP contribution in [0.15, 0.2) is 60.8 Å². The number of fused-ring (bicyclic) bond motifs is 1. The van der Waals surface area contributed by atoms with Gasteiger partial charge in [0, 0.05) is 25.2 Å². The van der Waals surface area contributed by atoms with Crippen LogP contribution in [0.4, 0.5) is 0 Å². The van der Waals surface area contributed by atoms with Gasteiger partial charge in [0.1, 0.15) is 5.69 Å². The minimum atomic E-state index is -0.0506. The quantitative estimate of drug-likeness (QED) is 0.702. The van der Waals surface area contributed by atoms with E-state index in [0.717, 1.165) is 16.3 Å². The number of benzene rings is 2. The predicted molar refractivity (Wildman–Crippen MR) is 98.1 cm³/mol. The lowest BCUT2D eigenvalue weighted by Crippen LogP contribution is -2.27. The average Bonchev–Trinajstić information content (AvgIpc) is 2.60. The van der Waals surface area contributed by atoms with E-state index < -0.39 is 0 Å². The molecular weight excluding hydrogens is 296 g/mol. The molecule has 0 saturated carbocycles. The maximum atomic E-state index is 12.9. The van der Waals surface area contributed by atoms with Gasteiger partial charge in [0.05, 0.1) is 0 Å². The van der Waals surface area contributed by atoms with Crippen LogP contribution in [0, 0.1) is 0 Å². The second-order valence-electron chi connectivity index (χ2n) is 6.44. The minimum Gasteiger partial charge on any atom is -0.336 e. The molecule has 3 aromatic rings. The standard InChI is InChI=1S/C21H22N2O/c1-15(2)18-10-9-17-11-12-22-20(19(17)13-18)21(24)23(3)14-16-7-5-4-6-8-16/h4-13,15H,14H2,1-3H3. The first kappa shape index (κ1) is 16.2. The Morgan fingerprint density at radius 3 is 2.54 bits per heavy atom. The minimum absolute atomic E-state index is 0.0506. The van der Waals surface area contributed by atoms with Gasteiger partial charge in [-0.05, 0) is 34.6 Å². The second kappa shape index (κ2) is 6.83. The number of nitrogens with zero attached hydrogens (tertiary/aromatic N) is 2. The lowest BCUT2D eigenvalue weighted by atomic mass is 9.98. The van der Waals surface area contributed by atoms with E-state index in [1.54, 1.807) is 11.1 Å². The first-order chi connectivity index (χ1) is 11.6. The fraction of sp³-hybridized carbons (Fsp3) is 0.238. The van der Waals surface area contributed by atoms with Gasteiger partial charge in [-0.1, -0.05) is 56.3 Å². The highest BCUT2D eigenvalue weighted by molar-refractivity contribution is 6.05. The van der Waals surface area contributed by atoms with Gasteiger partial charge in [0.15, 0.2) is 0 Å². The highest BCUT2D eigenvalue weighted by Crippen LogP contribution is 2.24. The van der Waals surface area contributed by atoms with Crippen LogP contribution in [0.3, 0.4) is 0 Å². The molecule has 0 spiro atoms. The van der Waals surface area contributed by atoms with E-state index in [4.69, 9.17) is 0 Å². The smallest absolute Gasteiger partial charge is 0.273 e. The van der Waals surface area contributed by atoms with Crippen molar-refractivity contribution in [2.75, 3.05) is 7.05 Å².